The fourth-order valence-corrected chi connectivity index (χ4v) is 4.04. The number of piperazine rings is 1. The van der Waals surface area contributed by atoms with Gasteiger partial charge in [-0.1, -0.05) is 43.0 Å². The van der Waals surface area contributed by atoms with Gasteiger partial charge in [-0.3, -0.25) is 9.59 Å². The van der Waals surface area contributed by atoms with Gasteiger partial charge in [0, 0.05) is 36.8 Å². The SMILES string of the molecule is C=C(C(=O)N1CCN(C(=O)c2ccccc2)C[C@H]1C)c1ccc2cc(OC)ccc2c1. The van der Waals surface area contributed by atoms with Crippen molar-refractivity contribution in [2.75, 3.05) is 26.7 Å². The molecule has 5 heteroatoms. The van der Waals surface area contributed by atoms with Crippen molar-refractivity contribution in [1.29, 1.82) is 0 Å². The molecule has 158 valence electrons. The Morgan fingerprint density at radius 3 is 2.35 bits per heavy atom. The Morgan fingerprint density at radius 1 is 0.935 bits per heavy atom. The molecule has 2 amide bonds. The maximum absolute atomic E-state index is 13.2. The number of benzene rings is 3. The highest BCUT2D eigenvalue weighted by Crippen LogP contribution is 2.26. The number of carbonyl (C=O) groups is 2. The Bertz CT molecular complexity index is 1140. The van der Waals surface area contributed by atoms with E-state index >= 15 is 0 Å². The van der Waals surface area contributed by atoms with E-state index in [9.17, 15) is 9.59 Å². The van der Waals surface area contributed by atoms with Gasteiger partial charge in [-0.05, 0) is 53.6 Å². The molecule has 3 aromatic rings. The highest BCUT2D eigenvalue weighted by atomic mass is 16.5. The second-order valence-corrected chi connectivity index (χ2v) is 7.87. The monoisotopic (exact) mass is 414 g/mol. The van der Waals surface area contributed by atoms with Crippen LogP contribution < -0.4 is 4.74 Å². The van der Waals surface area contributed by atoms with Gasteiger partial charge in [-0.2, -0.15) is 0 Å². The molecule has 3 aromatic carbocycles. The van der Waals surface area contributed by atoms with Crippen LogP contribution in [0.1, 0.15) is 22.8 Å². The molecule has 0 N–H and O–H groups in total. The predicted octanol–water partition coefficient (Wildman–Crippen LogP) is 4.23. The van der Waals surface area contributed by atoms with E-state index in [4.69, 9.17) is 4.74 Å². The van der Waals surface area contributed by atoms with E-state index in [1.165, 1.54) is 0 Å². The Hall–Kier alpha value is -3.60. The summed E-state index contributed by atoms with van der Waals surface area (Å²) in [6.07, 6.45) is 0. The van der Waals surface area contributed by atoms with Crippen LogP contribution >= 0.6 is 0 Å². The van der Waals surface area contributed by atoms with Crippen LogP contribution in [0.4, 0.5) is 0 Å². The molecule has 5 nitrogen and oxygen atoms in total. The number of fused-ring (bicyclic) bond motifs is 1. The van der Waals surface area contributed by atoms with Crippen LogP contribution in [-0.2, 0) is 4.79 Å². The number of ether oxygens (including phenoxy) is 1. The summed E-state index contributed by atoms with van der Waals surface area (Å²) in [4.78, 5) is 29.6. The van der Waals surface area contributed by atoms with Gasteiger partial charge in [0.15, 0.2) is 0 Å². The number of amides is 2. The van der Waals surface area contributed by atoms with Gasteiger partial charge < -0.3 is 14.5 Å². The molecule has 0 unspecified atom stereocenters. The lowest BCUT2D eigenvalue weighted by Gasteiger charge is -2.40. The molecule has 1 aliphatic heterocycles. The van der Waals surface area contributed by atoms with E-state index in [-0.39, 0.29) is 17.9 Å². The van der Waals surface area contributed by atoms with Crippen molar-refractivity contribution in [2.45, 2.75) is 13.0 Å². The van der Waals surface area contributed by atoms with Crippen molar-refractivity contribution >= 4 is 28.2 Å². The number of carbonyl (C=O) groups excluding carboxylic acids is 2. The van der Waals surface area contributed by atoms with Gasteiger partial charge in [0.1, 0.15) is 5.75 Å². The van der Waals surface area contributed by atoms with Crippen LogP contribution in [0, 0.1) is 0 Å². The van der Waals surface area contributed by atoms with Crippen molar-refractivity contribution in [3.8, 4) is 5.75 Å². The van der Waals surface area contributed by atoms with Crippen LogP contribution in [0.15, 0.2) is 73.3 Å². The summed E-state index contributed by atoms with van der Waals surface area (Å²) in [6.45, 7) is 7.56. The number of methoxy groups -OCH3 is 1. The smallest absolute Gasteiger partial charge is 0.254 e. The van der Waals surface area contributed by atoms with Crippen molar-refractivity contribution in [3.05, 3.63) is 84.4 Å². The number of hydrogen-bond acceptors (Lipinski definition) is 3. The van der Waals surface area contributed by atoms with Crippen molar-refractivity contribution in [2.24, 2.45) is 0 Å². The molecule has 1 atom stereocenters. The minimum absolute atomic E-state index is 0.00309. The highest BCUT2D eigenvalue weighted by Gasteiger charge is 2.31. The summed E-state index contributed by atoms with van der Waals surface area (Å²) in [5, 5.41) is 2.07. The van der Waals surface area contributed by atoms with E-state index < -0.39 is 0 Å². The zero-order valence-electron chi connectivity index (χ0n) is 17.9. The molecule has 0 saturated carbocycles. The maximum Gasteiger partial charge on any atom is 0.254 e. The molecule has 1 saturated heterocycles. The summed E-state index contributed by atoms with van der Waals surface area (Å²) < 4.78 is 5.28. The first kappa shape index (κ1) is 20.7. The third kappa shape index (κ3) is 4.17. The van der Waals surface area contributed by atoms with E-state index in [2.05, 4.69) is 6.58 Å². The molecule has 4 rings (SSSR count). The first-order chi connectivity index (χ1) is 15.0. The summed E-state index contributed by atoms with van der Waals surface area (Å²) in [6, 6.07) is 20.9. The third-order valence-corrected chi connectivity index (χ3v) is 5.85. The topological polar surface area (TPSA) is 49.9 Å². The Labute approximate surface area is 182 Å². The number of nitrogens with zero attached hydrogens (tertiary/aromatic N) is 2. The zero-order valence-corrected chi connectivity index (χ0v) is 17.9. The molecule has 0 aromatic heterocycles. The van der Waals surface area contributed by atoms with Gasteiger partial charge >= 0.3 is 0 Å². The Kier molecular flexibility index (Phi) is 5.76. The lowest BCUT2D eigenvalue weighted by Crippen LogP contribution is -2.55. The molecular weight excluding hydrogens is 388 g/mol. The third-order valence-electron chi connectivity index (χ3n) is 5.85. The quantitative estimate of drug-likeness (QED) is 0.600. The normalized spacial score (nSPS) is 16.3. The van der Waals surface area contributed by atoms with Crippen LogP contribution in [0.3, 0.4) is 0 Å². The molecule has 1 aliphatic rings. The van der Waals surface area contributed by atoms with Crippen LogP contribution in [0.5, 0.6) is 5.75 Å². The molecule has 31 heavy (non-hydrogen) atoms. The van der Waals surface area contributed by atoms with Gasteiger partial charge in [0.2, 0.25) is 0 Å². The first-order valence-electron chi connectivity index (χ1n) is 10.4. The van der Waals surface area contributed by atoms with E-state index in [1.54, 1.807) is 7.11 Å². The van der Waals surface area contributed by atoms with Crippen molar-refractivity contribution in [1.82, 2.24) is 9.80 Å². The number of hydrogen-bond donors (Lipinski definition) is 0. The maximum atomic E-state index is 13.2. The summed E-state index contributed by atoms with van der Waals surface area (Å²) >= 11 is 0. The highest BCUT2D eigenvalue weighted by molar-refractivity contribution is 6.19. The molecule has 0 radical (unpaired) electrons. The van der Waals surface area contributed by atoms with Crippen LogP contribution in [0.2, 0.25) is 0 Å². The fraction of sp³-hybridized carbons (Fsp3) is 0.231. The van der Waals surface area contributed by atoms with Crippen LogP contribution in [0.25, 0.3) is 16.3 Å². The molecule has 1 fully saturated rings. The summed E-state index contributed by atoms with van der Waals surface area (Å²) in [5.41, 5.74) is 1.94. The summed E-state index contributed by atoms with van der Waals surface area (Å²) in [5.74, 6) is 0.711. The molecule has 0 spiro atoms. The van der Waals surface area contributed by atoms with E-state index in [1.807, 2.05) is 83.5 Å². The zero-order chi connectivity index (χ0) is 22.0. The molecule has 1 heterocycles. The van der Waals surface area contributed by atoms with E-state index in [0.29, 0.717) is 30.8 Å². The second-order valence-electron chi connectivity index (χ2n) is 7.87. The van der Waals surface area contributed by atoms with Gasteiger partial charge in [-0.25, -0.2) is 0 Å². The molecular formula is C26H26N2O3. The first-order valence-corrected chi connectivity index (χ1v) is 10.4. The average Bonchev–Trinajstić information content (AvgIpc) is 2.82. The van der Waals surface area contributed by atoms with E-state index in [0.717, 1.165) is 22.1 Å². The predicted molar refractivity (Wildman–Crippen MR) is 123 cm³/mol. The minimum atomic E-state index is -0.0906. The van der Waals surface area contributed by atoms with Crippen molar-refractivity contribution < 1.29 is 14.3 Å². The van der Waals surface area contributed by atoms with Gasteiger partial charge in [0.25, 0.3) is 11.8 Å². The summed E-state index contributed by atoms with van der Waals surface area (Å²) in [7, 11) is 1.64. The molecule has 0 aliphatic carbocycles. The Morgan fingerprint density at radius 2 is 1.65 bits per heavy atom. The number of rotatable bonds is 4. The second kappa shape index (κ2) is 8.64. The largest absolute Gasteiger partial charge is 0.497 e. The van der Waals surface area contributed by atoms with Crippen LogP contribution in [-0.4, -0.2) is 54.4 Å². The van der Waals surface area contributed by atoms with Gasteiger partial charge in [0.05, 0.1) is 7.11 Å². The standard InChI is InChI=1S/C26H26N2O3/c1-18-17-27(26(30)20-7-5-4-6-8-20)13-14-28(18)25(29)19(2)21-9-10-23-16-24(31-3)12-11-22(23)15-21/h4-12,15-16,18H,2,13-14,17H2,1,3H3/t18-/m1/s1. The van der Waals surface area contributed by atoms with Gasteiger partial charge in [-0.15, -0.1) is 0 Å². The van der Waals surface area contributed by atoms with Crippen molar-refractivity contribution in [3.63, 3.8) is 0 Å². The molecule has 0 bridgehead atoms. The Balaban J connectivity index is 1.46. The lowest BCUT2D eigenvalue weighted by atomic mass is 10.00. The lowest BCUT2D eigenvalue weighted by molar-refractivity contribution is -0.128. The minimum Gasteiger partial charge on any atom is -0.497 e. The average molecular weight is 415 g/mol. The fourth-order valence-electron chi connectivity index (χ4n) is 4.04.